The molecule has 0 saturated carbocycles. The summed E-state index contributed by atoms with van der Waals surface area (Å²) in [6, 6.07) is 4.95. The predicted molar refractivity (Wildman–Crippen MR) is 78.0 cm³/mol. The maximum Gasteiger partial charge on any atom is 0.263 e. The van der Waals surface area contributed by atoms with E-state index < -0.39 is 21.7 Å². The summed E-state index contributed by atoms with van der Waals surface area (Å²) in [5.41, 5.74) is 5.17. The van der Waals surface area contributed by atoms with Gasteiger partial charge in [0.05, 0.1) is 21.4 Å². The fourth-order valence-electron chi connectivity index (χ4n) is 1.59. The van der Waals surface area contributed by atoms with Gasteiger partial charge in [-0.25, -0.2) is 17.2 Å². The van der Waals surface area contributed by atoms with Crippen molar-refractivity contribution in [3.63, 3.8) is 0 Å². The maximum atomic E-state index is 13.3. The van der Waals surface area contributed by atoms with Crippen LogP contribution in [0.15, 0.2) is 35.2 Å². The Bertz CT molecular complexity index is 790. The Morgan fingerprint density at radius 3 is 2.14 bits per heavy atom. The highest BCUT2D eigenvalue weighted by Crippen LogP contribution is 2.29. The monoisotopic (exact) mass is 352 g/mol. The van der Waals surface area contributed by atoms with Crippen LogP contribution in [0.1, 0.15) is 0 Å². The first kappa shape index (κ1) is 15.8. The SMILES string of the molecule is Nc1cc(F)ccc1S(=O)(=O)Nc1cc(Cl)c(F)c(Cl)c1. The first-order valence-electron chi connectivity index (χ1n) is 5.43. The van der Waals surface area contributed by atoms with Gasteiger partial charge in [0, 0.05) is 0 Å². The predicted octanol–water partition coefficient (Wildman–Crippen LogP) is 3.65. The molecule has 0 aliphatic carbocycles. The lowest BCUT2D eigenvalue weighted by molar-refractivity contribution is 0.600. The summed E-state index contributed by atoms with van der Waals surface area (Å²) in [6.07, 6.45) is 0. The van der Waals surface area contributed by atoms with Gasteiger partial charge >= 0.3 is 0 Å². The molecule has 2 aromatic rings. The number of anilines is 2. The number of rotatable bonds is 3. The molecule has 0 bridgehead atoms. The van der Waals surface area contributed by atoms with Crippen LogP contribution >= 0.6 is 23.2 Å². The second-order valence-corrected chi connectivity index (χ2v) is 6.51. The van der Waals surface area contributed by atoms with Crippen LogP contribution in [-0.4, -0.2) is 8.42 Å². The molecule has 2 rings (SSSR count). The topological polar surface area (TPSA) is 72.2 Å². The van der Waals surface area contributed by atoms with E-state index in [1.165, 1.54) is 0 Å². The highest BCUT2D eigenvalue weighted by molar-refractivity contribution is 7.92. The molecule has 4 nitrogen and oxygen atoms in total. The van der Waals surface area contributed by atoms with Crippen LogP contribution in [0.2, 0.25) is 10.0 Å². The van der Waals surface area contributed by atoms with Gasteiger partial charge < -0.3 is 5.73 Å². The van der Waals surface area contributed by atoms with E-state index in [-0.39, 0.29) is 26.3 Å². The molecule has 112 valence electrons. The van der Waals surface area contributed by atoms with Gasteiger partial charge in [-0.15, -0.1) is 0 Å². The van der Waals surface area contributed by atoms with E-state index in [1.807, 2.05) is 0 Å². The maximum absolute atomic E-state index is 13.3. The molecule has 2 aromatic carbocycles. The number of hydrogen-bond donors (Lipinski definition) is 2. The van der Waals surface area contributed by atoms with Crippen LogP contribution in [0, 0.1) is 11.6 Å². The number of sulfonamides is 1. The largest absolute Gasteiger partial charge is 0.398 e. The van der Waals surface area contributed by atoms with Gasteiger partial charge in [0.1, 0.15) is 10.7 Å². The van der Waals surface area contributed by atoms with Gasteiger partial charge in [-0.3, -0.25) is 4.72 Å². The molecule has 0 atom stereocenters. The lowest BCUT2D eigenvalue weighted by atomic mass is 10.3. The van der Waals surface area contributed by atoms with Gasteiger partial charge in [0.25, 0.3) is 10.0 Å². The summed E-state index contributed by atoms with van der Waals surface area (Å²) >= 11 is 11.2. The van der Waals surface area contributed by atoms with E-state index in [2.05, 4.69) is 4.72 Å². The van der Waals surface area contributed by atoms with Crippen molar-refractivity contribution < 1.29 is 17.2 Å². The van der Waals surface area contributed by atoms with Crippen molar-refractivity contribution in [3.8, 4) is 0 Å². The summed E-state index contributed by atoms with van der Waals surface area (Å²) in [7, 11) is -4.09. The van der Waals surface area contributed by atoms with Gasteiger partial charge in [-0.05, 0) is 30.3 Å². The van der Waals surface area contributed by atoms with E-state index in [0.29, 0.717) is 0 Å². The molecular formula is C12H8Cl2F2N2O2S. The number of nitrogens with two attached hydrogens (primary N) is 1. The van der Waals surface area contributed by atoms with Crippen molar-refractivity contribution in [1.29, 1.82) is 0 Å². The third-order valence-corrected chi connectivity index (χ3v) is 4.50. The quantitative estimate of drug-likeness (QED) is 0.654. The lowest BCUT2D eigenvalue weighted by Crippen LogP contribution is -2.15. The third kappa shape index (κ3) is 3.37. The second-order valence-electron chi connectivity index (χ2n) is 4.04. The summed E-state index contributed by atoms with van der Waals surface area (Å²) in [5, 5.41) is -0.681. The number of nitrogens with one attached hydrogen (secondary N) is 1. The summed E-state index contributed by atoms with van der Waals surface area (Å²) in [6.45, 7) is 0. The average Bonchev–Trinajstić information content (AvgIpc) is 2.34. The highest BCUT2D eigenvalue weighted by atomic mass is 35.5. The second kappa shape index (κ2) is 5.67. The van der Waals surface area contributed by atoms with E-state index >= 15 is 0 Å². The van der Waals surface area contributed by atoms with Crippen molar-refractivity contribution in [2.24, 2.45) is 0 Å². The number of nitrogen functional groups attached to an aromatic ring is 1. The molecule has 0 fully saturated rings. The Hall–Kier alpha value is -1.57. The molecule has 0 aliphatic rings. The molecule has 0 saturated heterocycles. The number of benzene rings is 2. The fourth-order valence-corrected chi connectivity index (χ4v) is 3.23. The summed E-state index contributed by atoms with van der Waals surface area (Å²) in [5.74, 6) is -1.53. The minimum Gasteiger partial charge on any atom is -0.398 e. The van der Waals surface area contributed by atoms with Crippen LogP contribution in [-0.2, 0) is 10.0 Å². The van der Waals surface area contributed by atoms with Crippen LogP contribution in [0.3, 0.4) is 0 Å². The molecule has 0 radical (unpaired) electrons. The molecule has 0 amide bonds. The molecular weight excluding hydrogens is 345 g/mol. The van der Waals surface area contributed by atoms with E-state index in [0.717, 1.165) is 30.3 Å². The minimum absolute atomic E-state index is 0.0462. The number of halogens is 4. The molecule has 3 N–H and O–H groups in total. The molecule has 0 aromatic heterocycles. The van der Waals surface area contributed by atoms with Gasteiger partial charge in [-0.1, -0.05) is 23.2 Å². The summed E-state index contributed by atoms with van der Waals surface area (Å²) < 4.78 is 52.6. The van der Waals surface area contributed by atoms with Crippen molar-refractivity contribution in [2.45, 2.75) is 4.90 Å². The molecule has 0 heterocycles. The first-order chi connectivity index (χ1) is 9.70. The molecule has 0 unspecified atom stereocenters. The van der Waals surface area contributed by atoms with Crippen LogP contribution in [0.5, 0.6) is 0 Å². The van der Waals surface area contributed by atoms with Crippen LogP contribution in [0.4, 0.5) is 20.2 Å². The van der Waals surface area contributed by atoms with Crippen molar-refractivity contribution in [3.05, 3.63) is 52.0 Å². The van der Waals surface area contributed by atoms with E-state index in [1.54, 1.807) is 0 Å². The minimum atomic E-state index is -4.09. The zero-order valence-electron chi connectivity index (χ0n) is 10.2. The van der Waals surface area contributed by atoms with Gasteiger partial charge in [0.15, 0.2) is 5.82 Å². The Morgan fingerprint density at radius 1 is 1.05 bits per heavy atom. The van der Waals surface area contributed by atoms with Crippen molar-refractivity contribution in [1.82, 2.24) is 0 Å². The molecule has 21 heavy (non-hydrogen) atoms. The third-order valence-electron chi connectivity index (χ3n) is 2.50. The number of hydrogen-bond acceptors (Lipinski definition) is 3. The zero-order valence-corrected chi connectivity index (χ0v) is 12.5. The Kier molecular flexibility index (Phi) is 4.27. The Labute approximate surface area is 129 Å². The Balaban J connectivity index is 2.42. The average molecular weight is 353 g/mol. The normalized spacial score (nSPS) is 11.4. The molecule has 0 aliphatic heterocycles. The smallest absolute Gasteiger partial charge is 0.263 e. The van der Waals surface area contributed by atoms with E-state index in [4.69, 9.17) is 28.9 Å². The molecule has 0 spiro atoms. The van der Waals surface area contributed by atoms with Crippen LogP contribution < -0.4 is 10.5 Å². The lowest BCUT2D eigenvalue weighted by Gasteiger charge is -2.11. The van der Waals surface area contributed by atoms with Crippen molar-refractivity contribution in [2.75, 3.05) is 10.5 Å². The zero-order chi connectivity index (χ0) is 15.8. The van der Waals surface area contributed by atoms with Gasteiger partial charge in [0.2, 0.25) is 0 Å². The summed E-state index contributed by atoms with van der Waals surface area (Å²) in [4.78, 5) is -0.319. The standard InChI is InChI=1S/C12H8Cl2F2N2O2S/c13-8-4-7(5-9(14)12(8)16)18-21(19,20)11-2-1-6(15)3-10(11)17/h1-5,18H,17H2. The highest BCUT2D eigenvalue weighted by Gasteiger charge is 2.19. The van der Waals surface area contributed by atoms with Crippen LogP contribution in [0.25, 0.3) is 0 Å². The molecule has 9 heteroatoms. The fraction of sp³-hybridized carbons (Fsp3) is 0. The Morgan fingerprint density at radius 2 is 1.62 bits per heavy atom. The first-order valence-corrected chi connectivity index (χ1v) is 7.67. The van der Waals surface area contributed by atoms with E-state index in [9.17, 15) is 17.2 Å². The van der Waals surface area contributed by atoms with Gasteiger partial charge in [-0.2, -0.15) is 0 Å². The van der Waals surface area contributed by atoms with Crippen molar-refractivity contribution >= 4 is 44.6 Å².